The molecule has 0 spiro atoms. The van der Waals surface area contributed by atoms with Gasteiger partial charge in [-0.15, -0.1) is 0 Å². The van der Waals surface area contributed by atoms with Crippen LogP contribution >= 0.6 is 0 Å². The second kappa shape index (κ2) is 7.26. The Morgan fingerprint density at radius 3 is 2.64 bits per heavy atom. The number of carbonyl (C=O) groups excluding carboxylic acids is 1. The van der Waals surface area contributed by atoms with Gasteiger partial charge in [0.25, 0.3) is 5.91 Å². The number of nitrogens with one attached hydrogen (secondary N) is 1. The first-order valence-electron chi connectivity index (χ1n) is 8.67. The summed E-state index contributed by atoms with van der Waals surface area (Å²) >= 11 is 0. The van der Waals surface area contributed by atoms with Crippen LogP contribution in [0, 0.1) is 11.6 Å². The summed E-state index contributed by atoms with van der Waals surface area (Å²) in [5.74, 6) is -0.899. The second-order valence-electron chi connectivity index (χ2n) is 6.39. The summed E-state index contributed by atoms with van der Waals surface area (Å²) in [7, 11) is 1.58. The van der Waals surface area contributed by atoms with Crippen LogP contribution in [0.4, 0.5) is 14.5 Å². The van der Waals surface area contributed by atoms with Gasteiger partial charge in [0, 0.05) is 18.8 Å². The van der Waals surface area contributed by atoms with Gasteiger partial charge in [0.15, 0.2) is 0 Å². The lowest BCUT2D eigenvalue weighted by Crippen LogP contribution is -2.32. The maximum atomic E-state index is 14.2. The van der Waals surface area contributed by atoms with Crippen molar-refractivity contribution in [2.24, 2.45) is 0 Å². The molecule has 7 heteroatoms. The number of methoxy groups -OCH3 is 1. The van der Waals surface area contributed by atoms with Crippen LogP contribution in [0.2, 0.25) is 0 Å². The van der Waals surface area contributed by atoms with Crippen LogP contribution in [0.15, 0.2) is 60.8 Å². The molecular formula is C21H17F2N3O2. The zero-order chi connectivity index (χ0) is 19.7. The normalized spacial score (nSPS) is 15.5. The summed E-state index contributed by atoms with van der Waals surface area (Å²) in [6, 6.07) is 14.0. The second-order valence-corrected chi connectivity index (χ2v) is 6.39. The average Bonchev–Trinajstić information content (AvgIpc) is 2.96. The molecule has 1 amide bonds. The largest absolute Gasteiger partial charge is 0.497 e. The van der Waals surface area contributed by atoms with Crippen molar-refractivity contribution < 1.29 is 18.3 Å². The number of fused-ring (bicyclic) bond motifs is 1. The zero-order valence-corrected chi connectivity index (χ0v) is 15.0. The molecule has 1 unspecified atom stereocenters. The van der Waals surface area contributed by atoms with Gasteiger partial charge in [-0.05, 0) is 42.0 Å². The van der Waals surface area contributed by atoms with Crippen LogP contribution in [-0.2, 0) is 6.54 Å². The van der Waals surface area contributed by atoms with E-state index in [0.29, 0.717) is 23.6 Å². The number of rotatable bonds is 5. The Morgan fingerprint density at radius 1 is 1.14 bits per heavy atom. The fraction of sp³-hybridized carbons (Fsp3) is 0.143. The predicted molar refractivity (Wildman–Crippen MR) is 99.8 cm³/mol. The maximum absolute atomic E-state index is 14.2. The summed E-state index contributed by atoms with van der Waals surface area (Å²) in [6.07, 6.45) is 0.907. The minimum absolute atomic E-state index is 0.0948. The number of hydrogen-bond donors (Lipinski definition) is 1. The summed E-state index contributed by atoms with van der Waals surface area (Å²) < 4.78 is 32.6. The summed E-state index contributed by atoms with van der Waals surface area (Å²) in [5, 5.41) is 2.99. The first-order valence-corrected chi connectivity index (χ1v) is 8.67. The van der Waals surface area contributed by atoms with Gasteiger partial charge < -0.3 is 15.0 Å². The number of carbonyl (C=O) groups is 1. The molecular weight excluding hydrogens is 364 g/mol. The molecule has 0 radical (unpaired) electrons. The predicted octanol–water partition coefficient (Wildman–Crippen LogP) is 4.14. The molecule has 142 valence electrons. The topological polar surface area (TPSA) is 54.5 Å². The molecule has 1 atom stereocenters. The van der Waals surface area contributed by atoms with Crippen LogP contribution in [0.1, 0.15) is 27.8 Å². The van der Waals surface area contributed by atoms with Gasteiger partial charge >= 0.3 is 0 Å². The maximum Gasteiger partial charge on any atom is 0.258 e. The van der Waals surface area contributed by atoms with Gasteiger partial charge in [-0.1, -0.05) is 12.1 Å². The van der Waals surface area contributed by atoms with Crippen LogP contribution < -0.4 is 10.1 Å². The van der Waals surface area contributed by atoms with Gasteiger partial charge in [-0.3, -0.25) is 9.78 Å². The molecule has 1 aliphatic heterocycles. The standard InChI is InChI=1S/C21H17F2N3O2/c1-28-15-7-4-13(5-8-15)12-26-20(19-16(21(26)27)3-2-10-24-19)25-18-9-6-14(22)11-17(18)23/h2-11,20,25H,12H2,1H3. The number of hydrogen-bond acceptors (Lipinski definition) is 4. The van der Waals surface area contributed by atoms with E-state index in [0.717, 1.165) is 17.7 Å². The van der Waals surface area contributed by atoms with Crippen LogP contribution in [0.5, 0.6) is 5.75 Å². The lowest BCUT2D eigenvalue weighted by atomic mass is 10.2. The highest BCUT2D eigenvalue weighted by molar-refractivity contribution is 5.98. The Bertz CT molecular complexity index is 1020. The van der Waals surface area contributed by atoms with Crippen molar-refractivity contribution in [2.75, 3.05) is 12.4 Å². The van der Waals surface area contributed by atoms with Crippen LogP contribution in [0.3, 0.4) is 0 Å². The molecule has 28 heavy (non-hydrogen) atoms. The number of anilines is 1. The van der Waals surface area contributed by atoms with Crippen LogP contribution in [-0.4, -0.2) is 22.9 Å². The minimum Gasteiger partial charge on any atom is -0.497 e. The summed E-state index contributed by atoms with van der Waals surface area (Å²) in [4.78, 5) is 18.8. The van der Waals surface area contributed by atoms with E-state index >= 15 is 0 Å². The van der Waals surface area contributed by atoms with Crippen molar-refractivity contribution in [3.8, 4) is 5.75 Å². The number of ether oxygens (including phenoxy) is 1. The molecule has 0 saturated heterocycles. The highest BCUT2D eigenvalue weighted by Gasteiger charge is 2.38. The Balaban J connectivity index is 1.67. The number of aromatic nitrogens is 1. The molecule has 1 aromatic heterocycles. The fourth-order valence-corrected chi connectivity index (χ4v) is 3.23. The molecule has 0 saturated carbocycles. The van der Waals surface area contributed by atoms with E-state index in [1.807, 2.05) is 24.3 Å². The van der Waals surface area contributed by atoms with Crippen molar-refractivity contribution in [1.29, 1.82) is 0 Å². The SMILES string of the molecule is COc1ccc(CN2C(=O)c3cccnc3C2Nc2ccc(F)cc2F)cc1. The molecule has 2 aromatic carbocycles. The van der Waals surface area contributed by atoms with Gasteiger partial charge in [-0.2, -0.15) is 0 Å². The zero-order valence-electron chi connectivity index (χ0n) is 15.0. The van der Waals surface area contributed by atoms with E-state index in [2.05, 4.69) is 10.3 Å². The molecule has 1 aliphatic rings. The highest BCUT2D eigenvalue weighted by atomic mass is 19.1. The van der Waals surface area contributed by atoms with Crippen molar-refractivity contribution in [1.82, 2.24) is 9.88 Å². The van der Waals surface area contributed by atoms with Gasteiger partial charge in [0.2, 0.25) is 0 Å². The van der Waals surface area contributed by atoms with Gasteiger partial charge in [0.1, 0.15) is 23.5 Å². The number of halogens is 2. The highest BCUT2D eigenvalue weighted by Crippen LogP contribution is 2.35. The molecule has 5 nitrogen and oxygen atoms in total. The molecule has 1 N–H and O–H groups in total. The van der Waals surface area contributed by atoms with Crippen LogP contribution in [0.25, 0.3) is 0 Å². The van der Waals surface area contributed by atoms with E-state index in [-0.39, 0.29) is 11.6 Å². The third-order valence-electron chi connectivity index (χ3n) is 4.64. The van der Waals surface area contributed by atoms with Crippen molar-refractivity contribution in [2.45, 2.75) is 12.7 Å². The van der Waals surface area contributed by atoms with Crippen molar-refractivity contribution >= 4 is 11.6 Å². The quantitative estimate of drug-likeness (QED) is 0.722. The third-order valence-corrected chi connectivity index (χ3v) is 4.64. The Morgan fingerprint density at radius 2 is 1.93 bits per heavy atom. The lowest BCUT2D eigenvalue weighted by Gasteiger charge is -2.27. The Kier molecular flexibility index (Phi) is 4.65. The van der Waals surface area contributed by atoms with Gasteiger partial charge in [0.05, 0.1) is 24.1 Å². The Labute approximate surface area is 160 Å². The van der Waals surface area contributed by atoms with Crippen molar-refractivity contribution in [3.63, 3.8) is 0 Å². The molecule has 0 fully saturated rings. The first kappa shape index (κ1) is 17.9. The number of amides is 1. The minimum atomic E-state index is -0.735. The third kappa shape index (κ3) is 3.26. The van der Waals surface area contributed by atoms with E-state index in [1.54, 1.807) is 30.3 Å². The molecule has 4 rings (SSSR count). The van der Waals surface area contributed by atoms with E-state index in [1.165, 1.54) is 6.07 Å². The van der Waals surface area contributed by atoms with E-state index in [9.17, 15) is 13.6 Å². The monoisotopic (exact) mass is 381 g/mol. The number of benzene rings is 2. The smallest absolute Gasteiger partial charge is 0.258 e. The lowest BCUT2D eigenvalue weighted by molar-refractivity contribution is 0.0727. The number of pyridine rings is 1. The molecule has 2 heterocycles. The Hall–Kier alpha value is -3.48. The van der Waals surface area contributed by atoms with Gasteiger partial charge in [-0.25, -0.2) is 8.78 Å². The first-order chi connectivity index (χ1) is 13.6. The van der Waals surface area contributed by atoms with E-state index in [4.69, 9.17) is 4.74 Å². The van der Waals surface area contributed by atoms with Crippen molar-refractivity contribution in [3.05, 3.63) is 89.2 Å². The molecule has 3 aromatic rings. The summed E-state index contributed by atoms with van der Waals surface area (Å²) in [6.45, 7) is 0.291. The molecule has 0 bridgehead atoms. The average molecular weight is 381 g/mol. The molecule has 0 aliphatic carbocycles. The summed E-state index contributed by atoms with van der Waals surface area (Å²) in [5.41, 5.74) is 1.94. The fourth-order valence-electron chi connectivity index (χ4n) is 3.23. The van der Waals surface area contributed by atoms with E-state index < -0.39 is 17.8 Å². The number of nitrogens with zero attached hydrogens (tertiary/aromatic N) is 2.